The van der Waals surface area contributed by atoms with Gasteiger partial charge in [0.25, 0.3) is 0 Å². The van der Waals surface area contributed by atoms with Crippen LogP contribution in [0, 0.1) is 0 Å². The largest absolute Gasteiger partial charge is 0.480 e. The highest BCUT2D eigenvalue weighted by molar-refractivity contribution is 8.00. The second kappa shape index (κ2) is 8.00. The average molecular weight is 290 g/mol. The zero-order valence-corrected chi connectivity index (χ0v) is 11.3. The molecule has 3 N–H and O–H groups in total. The van der Waals surface area contributed by atoms with Gasteiger partial charge in [0.15, 0.2) is 0 Å². The molecule has 0 spiro atoms. The Kier molecular flexibility index (Phi) is 6.65. The van der Waals surface area contributed by atoms with Crippen LogP contribution in [0.1, 0.15) is 12.8 Å². The summed E-state index contributed by atoms with van der Waals surface area (Å²) in [5, 5.41) is 20.9. The standard InChI is InChI=1S/C11H18N2O5S/c14-9(7-19-8-1-3-12-4-2-8)13(5-10(15)16)6-11(17)18/h8,12H,1-7H2,(H,15,16)(H,17,18). The number of rotatable bonds is 7. The van der Waals surface area contributed by atoms with Crippen LogP contribution in [-0.2, 0) is 14.4 Å². The average Bonchev–Trinajstić information content (AvgIpc) is 2.35. The van der Waals surface area contributed by atoms with E-state index in [1.54, 1.807) is 0 Å². The first kappa shape index (κ1) is 15.8. The van der Waals surface area contributed by atoms with Crippen LogP contribution in [0.4, 0.5) is 0 Å². The molecule has 1 aliphatic rings. The van der Waals surface area contributed by atoms with Crippen molar-refractivity contribution in [2.75, 3.05) is 31.9 Å². The van der Waals surface area contributed by atoms with Crippen molar-refractivity contribution in [1.29, 1.82) is 0 Å². The summed E-state index contributed by atoms with van der Waals surface area (Å²) in [7, 11) is 0. The highest BCUT2D eigenvalue weighted by Gasteiger charge is 2.21. The molecule has 0 aliphatic carbocycles. The Balaban J connectivity index is 2.41. The van der Waals surface area contributed by atoms with Crippen molar-refractivity contribution in [1.82, 2.24) is 10.2 Å². The second-order valence-electron chi connectivity index (χ2n) is 4.30. The minimum absolute atomic E-state index is 0.130. The number of nitrogens with zero attached hydrogens (tertiary/aromatic N) is 1. The number of piperidine rings is 1. The van der Waals surface area contributed by atoms with Gasteiger partial charge in [-0.1, -0.05) is 0 Å². The van der Waals surface area contributed by atoms with Crippen molar-refractivity contribution in [2.45, 2.75) is 18.1 Å². The lowest BCUT2D eigenvalue weighted by Gasteiger charge is -2.23. The van der Waals surface area contributed by atoms with Crippen molar-refractivity contribution >= 4 is 29.6 Å². The molecule has 0 atom stereocenters. The number of aliphatic carboxylic acids is 2. The topological polar surface area (TPSA) is 107 Å². The molecule has 0 radical (unpaired) electrons. The Labute approximate surface area is 115 Å². The fraction of sp³-hybridized carbons (Fsp3) is 0.727. The van der Waals surface area contributed by atoms with Crippen molar-refractivity contribution in [3.8, 4) is 0 Å². The Bertz CT molecular complexity index is 328. The molecule has 1 amide bonds. The lowest BCUT2D eigenvalue weighted by Crippen LogP contribution is -2.41. The van der Waals surface area contributed by atoms with Gasteiger partial charge in [-0.25, -0.2) is 0 Å². The highest BCUT2D eigenvalue weighted by Crippen LogP contribution is 2.20. The first-order valence-electron chi connectivity index (χ1n) is 6.02. The number of carboxylic acid groups (broad SMARTS) is 2. The fourth-order valence-corrected chi connectivity index (χ4v) is 2.93. The van der Waals surface area contributed by atoms with Gasteiger partial charge in [0.2, 0.25) is 5.91 Å². The van der Waals surface area contributed by atoms with Gasteiger partial charge < -0.3 is 20.4 Å². The molecule has 0 aromatic heterocycles. The maximum Gasteiger partial charge on any atom is 0.323 e. The Hall–Kier alpha value is -1.28. The molecule has 108 valence electrons. The van der Waals surface area contributed by atoms with E-state index in [-0.39, 0.29) is 5.75 Å². The van der Waals surface area contributed by atoms with E-state index in [1.807, 2.05) is 0 Å². The summed E-state index contributed by atoms with van der Waals surface area (Å²) < 4.78 is 0. The third-order valence-electron chi connectivity index (χ3n) is 2.73. The lowest BCUT2D eigenvalue weighted by atomic mass is 10.2. The molecule has 8 heteroatoms. The predicted octanol–water partition coefficient (Wildman–Crippen LogP) is -0.531. The third-order valence-corrected chi connectivity index (χ3v) is 4.09. The van der Waals surface area contributed by atoms with Crippen LogP contribution in [0.25, 0.3) is 0 Å². The van der Waals surface area contributed by atoms with E-state index in [0.717, 1.165) is 30.8 Å². The molecule has 19 heavy (non-hydrogen) atoms. The van der Waals surface area contributed by atoms with Crippen LogP contribution >= 0.6 is 11.8 Å². The first-order chi connectivity index (χ1) is 8.99. The SMILES string of the molecule is O=C(O)CN(CC(=O)O)C(=O)CSC1CCNCC1. The Morgan fingerprint density at radius 2 is 1.63 bits per heavy atom. The Morgan fingerprint density at radius 3 is 2.11 bits per heavy atom. The van der Waals surface area contributed by atoms with Crippen LogP contribution in [0.5, 0.6) is 0 Å². The summed E-state index contributed by atoms with van der Waals surface area (Å²) >= 11 is 1.47. The van der Waals surface area contributed by atoms with Gasteiger partial charge in [0.1, 0.15) is 13.1 Å². The number of thioether (sulfide) groups is 1. The van der Waals surface area contributed by atoms with Crippen molar-refractivity contribution in [3.63, 3.8) is 0 Å². The van der Waals surface area contributed by atoms with E-state index >= 15 is 0 Å². The van der Waals surface area contributed by atoms with Gasteiger partial charge in [0, 0.05) is 5.25 Å². The Morgan fingerprint density at radius 1 is 1.11 bits per heavy atom. The molecule has 1 saturated heterocycles. The minimum atomic E-state index is -1.21. The van der Waals surface area contributed by atoms with Crippen molar-refractivity contribution < 1.29 is 24.6 Å². The number of hydrogen-bond acceptors (Lipinski definition) is 5. The zero-order valence-electron chi connectivity index (χ0n) is 10.5. The molecule has 1 rings (SSSR count). The van der Waals surface area contributed by atoms with Gasteiger partial charge >= 0.3 is 11.9 Å². The van der Waals surface area contributed by atoms with Gasteiger partial charge in [-0.15, -0.1) is 11.8 Å². The third kappa shape index (κ3) is 6.44. The summed E-state index contributed by atoms with van der Waals surface area (Å²) in [5.74, 6) is -2.72. The summed E-state index contributed by atoms with van der Waals surface area (Å²) in [6.07, 6.45) is 1.94. The van der Waals surface area contributed by atoms with Gasteiger partial charge in [-0.3, -0.25) is 14.4 Å². The van der Waals surface area contributed by atoms with Gasteiger partial charge in [-0.2, -0.15) is 0 Å². The fourth-order valence-electron chi connectivity index (χ4n) is 1.80. The number of carboxylic acids is 2. The monoisotopic (exact) mass is 290 g/mol. The van der Waals surface area contributed by atoms with E-state index in [9.17, 15) is 14.4 Å². The van der Waals surface area contributed by atoms with Gasteiger partial charge in [0.05, 0.1) is 5.75 Å². The van der Waals surface area contributed by atoms with Crippen LogP contribution in [0.15, 0.2) is 0 Å². The molecule has 7 nitrogen and oxygen atoms in total. The van der Waals surface area contributed by atoms with E-state index in [4.69, 9.17) is 10.2 Å². The van der Waals surface area contributed by atoms with E-state index in [0.29, 0.717) is 5.25 Å². The number of amides is 1. The second-order valence-corrected chi connectivity index (χ2v) is 5.59. The van der Waals surface area contributed by atoms with E-state index in [1.165, 1.54) is 11.8 Å². The molecule has 1 fully saturated rings. The molecule has 0 saturated carbocycles. The summed E-state index contributed by atoms with van der Waals surface area (Å²) in [6.45, 7) is 0.690. The molecule has 1 aliphatic heterocycles. The normalized spacial score (nSPS) is 16.0. The minimum Gasteiger partial charge on any atom is -0.480 e. The van der Waals surface area contributed by atoms with E-state index < -0.39 is 30.9 Å². The molecular weight excluding hydrogens is 272 g/mol. The summed E-state index contributed by atoms with van der Waals surface area (Å²) in [5.41, 5.74) is 0. The van der Waals surface area contributed by atoms with Crippen LogP contribution in [0.2, 0.25) is 0 Å². The lowest BCUT2D eigenvalue weighted by molar-refractivity contribution is -0.148. The molecule has 0 unspecified atom stereocenters. The number of hydrogen-bond donors (Lipinski definition) is 3. The predicted molar refractivity (Wildman–Crippen MR) is 70.2 cm³/mol. The molecule has 0 aromatic carbocycles. The highest BCUT2D eigenvalue weighted by atomic mass is 32.2. The van der Waals surface area contributed by atoms with E-state index in [2.05, 4.69) is 5.32 Å². The smallest absolute Gasteiger partial charge is 0.323 e. The number of nitrogens with one attached hydrogen (secondary N) is 1. The van der Waals surface area contributed by atoms with Gasteiger partial charge in [-0.05, 0) is 25.9 Å². The number of carbonyl (C=O) groups excluding carboxylic acids is 1. The molecule has 0 aromatic rings. The molecule has 1 heterocycles. The van der Waals surface area contributed by atoms with Crippen LogP contribution < -0.4 is 5.32 Å². The summed E-state index contributed by atoms with van der Waals surface area (Å²) in [6, 6.07) is 0. The number of carbonyl (C=O) groups is 3. The van der Waals surface area contributed by atoms with Crippen LogP contribution in [-0.4, -0.2) is 70.1 Å². The molecule has 0 bridgehead atoms. The molecular formula is C11H18N2O5S. The van der Waals surface area contributed by atoms with Crippen molar-refractivity contribution in [2.24, 2.45) is 0 Å². The first-order valence-corrected chi connectivity index (χ1v) is 7.07. The summed E-state index contributed by atoms with van der Waals surface area (Å²) in [4.78, 5) is 33.9. The van der Waals surface area contributed by atoms with Crippen LogP contribution in [0.3, 0.4) is 0 Å². The maximum atomic E-state index is 11.8. The zero-order chi connectivity index (χ0) is 14.3. The maximum absolute atomic E-state index is 11.8. The quantitative estimate of drug-likeness (QED) is 0.578. The van der Waals surface area contributed by atoms with Crippen molar-refractivity contribution in [3.05, 3.63) is 0 Å².